The highest BCUT2D eigenvalue weighted by molar-refractivity contribution is 7.14. The highest BCUT2D eigenvalue weighted by Crippen LogP contribution is 2.29. The number of carbonyl (C=O) groups excluding carboxylic acids is 1. The maximum atomic E-state index is 12.8. The predicted octanol–water partition coefficient (Wildman–Crippen LogP) is 3.96. The lowest BCUT2D eigenvalue weighted by Crippen LogP contribution is -2.24. The Labute approximate surface area is 139 Å². The summed E-state index contributed by atoms with van der Waals surface area (Å²) in [6.45, 7) is 1.06. The van der Waals surface area contributed by atoms with Gasteiger partial charge >= 0.3 is 0 Å². The van der Waals surface area contributed by atoms with Crippen LogP contribution in [0.2, 0.25) is 0 Å². The van der Waals surface area contributed by atoms with Crippen LogP contribution < -0.4 is 10.1 Å². The molecule has 23 heavy (non-hydrogen) atoms. The maximum Gasteiger partial charge on any atom is 0.261 e. The summed E-state index contributed by atoms with van der Waals surface area (Å²) >= 11 is 1.63. The van der Waals surface area contributed by atoms with Gasteiger partial charge in [0, 0.05) is 11.4 Å². The number of nitrogens with one attached hydrogen (secondary N) is 1. The molecular formula is C18H20FNO2S. The van der Waals surface area contributed by atoms with Gasteiger partial charge in [-0.05, 0) is 68.0 Å². The summed E-state index contributed by atoms with van der Waals surface area (Å²) in [5.74, 6) is 0.373. The SMILES string of the molecule is O=C(NCCCOc1ccc(F)cc1)c1cc2c(s1)CCCC2. The van der Waals surface area contributed by atoms with Gasteiger partial charge in [0.05, 0.1) is 11.5 Å². The Bertz CT molecular complexity index is 643. The molecule has 0 aliphatic heterocycles. The van der Waals surface area contributed by atoms with Gasteiger partial charge in [0.25, 0.3) is 5.91 Å². The summed E-state index contributed by atoms with van der Waals surface area (Å²) in [6, 6.07) is 7.99. The highest BCUT2D eigenvalue weighted by atomic mass is 32.1. The van der Waals surface area contributed by atoms with E-state index in [1.807, 2.05) is 6.07 Å². The minimum Gasteiger partial charge on any atom is -0.494 e. The molecule has 1 aromatic carbocycles. The van der Waals surface area contributed by atoms with Crippen molar-refractivity contribution >= 4 is 17.2 Å². The molecule has 0 bridgehead atoms. The van der Waals surface area contributed by atoms with E-state index < -0.39 is 0 Å². The molecule has 0 radical (unpaired) electrons. The number of rotatable bonds is 6. The van der Waals surface area contributed by atoms with Crippen molar-refractivity contribution in [3.63, 3.8) is 0 Å². The van der Waals surface area contributed by atoms with Crippen molar-refractivity contribution in [1.29, 1.82) is 0 Å². The fraction of sp³-hybridized carbons (Fsp3) is 0.389. The molecule has 1 aromatic heterocycles. The van der Waals surface area contributed by atoms with Crippen molar-refractivity contribution < 1.29 is 13.9 Å². The number of hydrogen-bond acceptors (Lipinski definition) is 3. The van der Waals surface area contributed by atoms with E-state index in [2.05, 4.69) is 5.32 Å². The molecule has 1 heterocycles. The first kappa shape index (κ1) is 16.0. The van der Waals surface area contributed by atoms with Crippen LogP contribution in [0.4, 0.5) is 4.39 Å². The third-order valence-electron chi connectivity index (χ3n) is 3.91. The minimum absolute atomic E-state index is 0.00572. The summed E-state index contributed by atoms with van der Waals surface area (Å²) < 4.78 is 18.3. The van der Waals surface area contributed by atoms with E-state index in [4.69, 9.17) is 4.74 Å². The van der Waals surface area contributed by atoms with E-state index in [0.29, 0.717) is 25.3 Å². The predicted molar refractivity (Wildman–Crippen MR) is 89.8 cm³/mol. The van der Waals surface area contributed by atoms with Gasteiger partial charge in [-0.25, -0.2) is 4.39 Å². The van der Waals surface area contributed by atoms with Crippen molar-refractivity contribution in [3.05, 3.63) is 51.5 Å². The van der Waals surface area contributed by atoms with E-state index in [0.717, 1.165) is 17.7 Å². The summed E-state index contributed by atoms with van der Waals surface area (Å²) in [5, 5.41) is 2.93. The lowest BCUT2D eigenvalue weighted by atomic mass is 9.99. The molecule has 0 unspecified atom stereocenters. The first-order valence-electron chi connectivity index (χ1n) is 8.00. The number of ether oxygens (including phenoxy) is 1. The standard InChI is InChI=1S/C18H20FNO2S/c19-14-6-8-15(9-7-14)22-11-3-10-20-18(21)17-12-13-4-1-2-5-16(13)23-17/h6-9,12H,1-5,10-11H2,(H,20,21). The fourth-order valence-electron chi connectivity index (χ4n) is 2.68. The Morgan fingerprint density at radius 1 is 1.22 bits per heavy atom. The largest absolute Gasteiger partial charge is 0.494 e. The molecular weight excluding hydrogens is 313 g/mol. The van der Waals surface area contributed by atoms with Crippen molar-refractivity contribution in [2.45, 2.75) is 32.1 Å². The normalized spacial score (nSPS) is 13.4. The number of aryl methyl sites for hydroxylation is 2. The fourth-order valence-corrected chi connectivity index (χ4v) is 3.85. The van der Waals surface area contributed by atoms with E-state index in [1.165, 1.54) is 35.4 Å². The van der Waals surface area contributed by atoms with E-state index >= 15 is 0 Å². The van der Waals surface area contributed by atoms with Crippen LogP contribution in [0.5, 0.6) is 5.75 Å². The van der Waals surface area contributed by atoms with Crippen LogP contribution in [-0.4, -0.2) is 19.1 Å². The second-order valence-corrected chi connectivity index (χ2v) is 6.81. The Hall–Kier alpha value is -1.88. The van der Waals surface area contributed by atoms with Gasteiger partial charge in [-0.1, -0.05) is 0 Å². The number of amides is 1. The average Bonchev–Trinajstić information content (AvgIpc) is 3.00. The Kier molecular flexibility index (Phi) is 5.28. The van der Waals surface area contributed by atoms with Crippen molar-refractivity contribution in [1.82, 2.24) is 5.32 Å². The maximum absolute atomic E-state index is 12.8. The quantitative estimate of drug-likeness (QED) is 0.813. The topological polar surface area (TPSA) is 38.3 Å². The molecule has 0 spiro atoms. The first-order valence-corrected chi connectivity index (χ1v) is 8.82. The molecule has 0 saturated carbocycles. The van der Waals surface area contributed by atoms with Gasteiger partial charge < -0.3 is 10.1 Å². The smallest absolute Gasteiger partial charge is 0.261 e. The monoisotopic (exact) mass is 333 g/mol. The Morgan fingerprint density at radius 3 is 2.78 bits per heavy atom. The van der Waals surface area contributed by atoms with Gasteiger partial charge in [-0.2, -0.15) is 0 Å². The molecule has 0 atom stereocenters. The zero-order chi connectivity index (χ0) is 16.1. The first-order chi connectivity index (χ1) is 11.2. The molecule has 1 N–H and O–H groups in total. The Morgan fingerprint density at radius 2 is 2.00 bits per heavy atom. The molecule has 1 aliphatic rings. The number of carbonyl (C=O) groups is 1. The summed E-state index contributed by atoms with van der Waals surface area (Å²) in [6.07, 6.45) is 5.39. The van der Waals surface area contributed by atoms with Crippen molar-refractivity contribution in [3.8, 4) is 5.75 Å². The molecule has 3 rings (SSSR count). The molecule has 1 amide bonds. The summed E-state index contributed by atoms with van der Waals surface area (Å²) in [4.78, 5) is 14.3. The van der Waals surface area contributed by atoms with Crippen molar-refractivity contribution in [2.75, 3.05) is 13.2 Å². The van der Waals surface area contributed by atoms with E-state index in [-0.39, 0.29) is 11.7 Å². The van der Waals surface area contributed by atoms with Crippen LogP contribution in [0, 0.1) is 5.82 Å². The molecule has 0 saturated heterocycles. The van der Waals surface area contributed by atoms with Crippen LogP contribution in [0.15, 0.2) is 30.3 Å². The van der Waals surface area contributed by atoms with E-state index in [1.54, 1.807) is 23.5 Å². The van der Waals surface area contributed by atoms with Gasteiger partial charge in [-0.3, -0.25) is 4.79 Å². The number of thiophene rings is 1. The highest BCUT2D eigenvalue weighted by Gasteiger charge is 2.16. The zero-order valence-corrected chi connectivity index (χ0v) is 13.8. The van der Waals surface area contributed by atoms with Gasteiger partial charge in [0.15, 0.2) is 0 Å². The van der Waals surface area contributed by atoms with Gasteiger partial charge in [-0.15, -0.1) is 11.3 Å². The number of fused-ring (bicyclic) bond motifs is 1. The van der Waals surface area contributed by atoms with Gasteiger partial charge in [0.2, 0.25) is 0 Å². The van der Waals surface area contributed by atoms with E-state index in [9.17, 15) is 9.18 Å². The lowest BCUT2D eigenvalue weighted by molar-refractivity contribution is 0.0955. The van der Waals surface area contributed by atoms with Crippen LogP contribution >= 0.6 is 11.3 Å². The van der Waals surface area contributed by atoms with Crippen LogP contribution in [0.25, 0.3) is 0 Å². The summed E-state index contributed by atoms with van der Waals surface area (Å²) in [5.41, 5.74) is 1.35. The molecule has 5 heteroatoms. The molecule has 3 nitrogen and oxygen atoms in total. The third kappa shape index (κ3) is 4.32. The minimum atomic E-state index is -0.275. The molecule has 2 aromatic rings. The van der Waals surface area contributed by atoms with Crippen LogP contribution in [0.1, 0.15) is 39.4 Å². The number of hydrogen-bond donors (Lipinski definition) is 1. The van der Waals surface area contributed by atoms with Crippen molar-refractivity contribution in [2.24, 2.45) is 0 Å². The van der Waals surface area contributed by atoms with Crippen LogP contribution in [-0.2, 0) is 12.8 Å². The number of halogens is 1. The zero-order valence-electron chi connectivity index (χ0n) is 12.9. The summed E-state index contributed by atoms with van der Waals surface area (Å²) in [7, 11) is 0. The second-order valence-electron chi connectivity index (χ2n) is 5.68. The van der Waals surface area contributed by atoms with Gasteiger partial charge in [0.1, 0.15) is 11.6 Å². The molecule has 122 valence electrons. The number of benzene rings is 1. The third-order valence-corrected chi connectivity index (χ3v) is 5.15. The molecule has 0 fully saturated rings. The average molecular weight is 333 g/mol. The molecule has 1 aliphatic carbocycles. The lowest BCUT2D eigenvalue weighted by Gasteiger charge is -2.08. The second kappa shape index (κ2) is 7.59. The van der Waals surface area contributed by atoms with Crippen LogP contribution in [0.3, 0.4) is 0 Å². The Balaban J connectivity index is 1.39.